The van der Waals surface area contributed by atoms with Crippen molar-refractivity contribution in [2.45, 2.75) is 39.5 Å². The Bertz CT molecular complexity index is 441. The second-order valence-electron chi connectivity index (χ2n) is 5.68. The Hall–Kier alpha value is -1.58. The molecule has 4 nitrogen and oxygen atoms in total. The fourth-order valence-corrected chi connectivity index (χ4v) is 2.99. The monoisotopic (exact) mass is 275 g/mol. The predicted molar refractivity (Wildman–Crippen MR) is 81.9 cm³/mol. The predicted octanol–water partition coefficient (Wildman–Crippen LogP) is 3.17. The molecule has 0 unspecified atom stereocenters. The number of nitrogens with one attached hydrogen (secondary N) is 1. The van der Waals surface area contributed by atoms with Gasteiger partial charge in [0.05, 0.1) is 5.56 Å². The number of hydrogen-bond donors (Lipinski definition) is 1. The van der Waals surface area contributed by atoms with Gasteiger partial charge in [-0.15, -0.1) is 0 Å². The molecule has 0 aromatic carbocycles. The van der Waals surface area contributed by atoms with Crippen LogP contribution in [-0.4, -0.2) is 35.9 Å². The van der Waals surface area contributed by atoms with Crippen molar-refractivity contribution >= 4 is 11.7 Å². The van der Waals surface area contributed by atoms with Crippen LogP contribution in [0.15, 0.2) is 18.3 Å². The van der Waals surface area contributed by atoms with Gasteiger partial charge in [0.15, 0.2) is 0 Å². The van der Waals surface area contributed by atoms with Gasteiger partial charge in [-0.1, -0.05) is 26.7 Å². The van der Waals surface area contributed by atoms with E-state index in [1.54, 1.807) is 6.20 Å². The molecule has 1 aliphatic rings. The van der Waals surface area contributed by atoms with Crippen LogP contribution >= 0.6 is 0 Å². The third-order valence-corrected chi connectivity index (χ3v) is 4.88. The molecule has 1 fully saturated rings. The summed E-state index contributed by atoms with van der Waals surface area (Å²) in [5.74, 6) is 0.900. The van der Waals surface area contributed by atoms with Gasteiger partial charge in [-0.3, -0.25) is 4.79 Å². The number of rotatable bonds is 4. The van der Waals surface area contributed by atoms with Crippen LogP contribution in [0.2, 0.25) is 0 Å². The topological polar surface area (TPSA) is 45.2 Å². The Morgan fingerprint density at radius 1 is 1.30 bits per heavy atom. The Morgan fingerprint density at radius 2 is 1.95 bits per heavy atom. The van der Waals surface area contributed by atoms with Crippen molar-refractivity contribution in [2.75, 3.05) is 25.5 Å². The summed E-state index contributed by atoms with van der Waals surface area (Å²) in [5.41, 5.74) is 1.13. The van der Waals surface area contributed by atoms with Crippen molar-refractivity contribution in [3.63, 3.8) is 0 Å². The SMILES string of the molecule is CCC1(CC)CCN(C(=O)c2ccc(NC)nc2)CC1. The van der Waals surface area contributed by atoms with Crippen molar-refractivity contribution in [1.82, 2.24) is 9.88 Å². The number of pyridine rings is 1. The summed E-state index contributed by atoms with van der Waals surface area (Å²) in [7, 11) is 1.82. The van der Waals surface area contributed by atoms with E-state index >= 15 is 0 Å². The van der Waals surface area contributed by atoms with E-state index in [1.807, 2.05) is 24.1 Å². The molecule has 4 heteroatoms. The summed E-state index contributed by atoms with van der Waals surface area (Å²) in [5, 5.41) is 2.96. The molecule has 1 aromatic rings. The Kier molecular flexibility index (Phi) is 4.63. The Labute approximate surface area is 121 Å². The highest BCUT2D eigenvalue weighted by atomic mass is 16.2. The number of nitrogens with zero attached hydrogens (tertiary/aromatic N) is 2. The summed E-state index contributed by atoms with van der Waals surface area (Å²) >= 11 is 0. The van der Waals surface area contributed by atoms with Gasteiger partial charge in [-0.25, -0.2) is 4.98 Å². The molecule has 0 atom stereocenters. The normalized spacial score (nSPS) is 17.9. The highest BCUT2D eigenvalue weighted by Crippen LogP contribution is 2.38. The number of carbonyl (C=O) groups excluding carboxylic acids is 1. The lowest BCUT2D eigenvalue weighted by molar-refractivity contribution is 0.0557. The maximum atomic E-state index is 12.5. The van der Waals surface area contributed by atoms with Gasteiger partial charge in [0.1, 0.15) is 5.82 Å². The summed E-state index contributed by atoms with van der Waals surface area (Å²) in [6.45, 7) is 6.27. The molecular formula is C16H25N3O. The number of anilines is 1. The number of likely N-dealkylation sites (tertiary alicyclic amines) is 1. The van der Waals surface area contributed by atoms with Crippen molar-refractivity contribution in [3.05, 3.63) is 23.9 Å². The van der Waals surface area contributed by atoms with Crippen LogP contribution in [0.5, 0.6) is 0 Å². The Morgan fingerprint density at radius 3 is 2.40 bits per heavy atom. The van der Waals surface area contributed by atoms with Crippen molar-refractivity contribution < 1.29 is 4.79 Å². The van der Waals surface area contributed by atoms with Gasteiger partial charge >= 0.3 is 0 Å². The van der Waals surface area contributed by atoms with Gasteiger partial charge < -0.3 is 10.2 Å². The first-order chi connectivity index (χ1) is 9.64. The summed E-state index contributed by atoms with van der Waals surface area (Å²) < 4.78 is 0. The van der Waals surface area contributed by atoms with Crippen LogP contribution < -0.4 is 5.32 Å². The maximum absolute atomic E-state index is 12.5. The first-order valence-electron chi connectivity index (χ1n) is 7.57. The fraction of sp³-hybridized carbons (Fsp3) is 0.625. The van der Waals surface area contributed by atoms with E-state index in [0.717, 1.165) is 31.7 Å². The zero-order valence-electron chi connectivity index (χ0n) is 12.8. The smallest absolute Gasteiger partial charge is 0.255 e. The molecule has 20 heavy (non-hydrogen) atoms. The highest BCUT2D eigenvalue weighted by molar-refractivity contribution is 5.94. The lowest BCUT2D eigenvalue weighted by Gasteiger charge is -2.41. The average molecular weight is 275 g/mol. The zero-order valence-corrected chi connectivity index (χ0v) is 12.8. The maximum Gasteiger partial charge on any atom is 0.255 e. The lowest BCUT2D eigenvalue weighted by atomic mass is 9.74. The second kappa shape index (κ2) is 6.25. The molecule has 0 radical (unpaired) electrons. The van der Waals surface area contributed by atoms with Crippen molar-refractivity contribution in [1.29, 1.82) is 0 Å². The lowest BCUT2D eigenvalue weighted by Crippen LogP contribution is -2.42. The van der Waals surface area contributed by atoms with Crippen LogP contribution in [0, 0.1) is 5.41 Å². The van der Waals surface area contributed by atoms with E-state index in [2.05, 4.69) is 24.1 Å². The van der Waals surface area contributed by atoms with Gasteiger partial charge in [-0.2, -0.15) is 0 Å². The highest BCUT2D eigenvalue weighted by Gasteiger charge is 2.33. The van der Waals surface area contributed by atoms with Crippen LogP contribution in [-0.2, 0) is 0 Å². The molecule has 0 aliphatic carbocycles. The quantitative estimate of drug-likeness (QED) is 0.918. The second-order valence-corrected chi connectivity index (χ2v) is 5.68. The minimum absolute atomic E-state index is 0.112. The van der Waals surface area contributed by atoms with Gasteiger partial charge in [-0.05, 0) is 30.4 Å². The van der Waals surface area contributed by atoms with Crippen molar-refractivity contribution in [2.24, 2.45) is 5.41 Å². The zero-order chi connectivity index (χ0) is 14.6. The largest absolute Gasteiger partial charge is 0.373 e. The van der Waals surface area contributed by atoms with Crippen LogP contribution in [0.3, 0.4) is 0 Å². The number of amides is 1. The summed E-state index contributed by atoms with van der Waals surface area (Å²) in [4.78, 5) is 18.6. The molecule has 1 aromatic heterocycles. The minimum atomic E-state index is 0.112. The standard InChI is InChI=1S/C16H25N3O/c1-4-16(5-2)8-10-19(11-9-16)15(20)13-6-7-14(17-3)18-12-13/h6-7,12H,4-5,8-11H2,1-3H3,(H,17,18). The van der Waals surface area contributed by atoms with Crippen LogP contribution in [0.4, 0.5) is 5.82 Å². The molecule has 1 N–H and O–H groups in total. The fourth-order valence-electron chi connectivity index (χ4n) is 2.99. The Balaban J connectivity index is 2.00. The number of piperidine rings is 1. The van der Waals surface area contributed by atoms with E-state index < -0.39 is 0 Å². The third kappa shape index (κ3) is 2.94. The average Bonchev–Trinajstić information content (AvgIpc) is 2.54. The molecule has 110 valence electrons. The van der Waals surface area contributed by atoms with E-state index in [4.69, 9.17) is 0 Å². The molecular weight excluding hydrogens is 250 g/mol. The van der Waals surface area contributed by atoms with Crippen LogP contribution in [0.25, 0.3) is 0 Å². The molecule has 1 aliphatic heterocycles. The molecule has 1 saturated heterocycles. The molecule has 0 bridgehead atoms. The first-order valence-corrected chi connectivity index (χ1v) is 7.57. The number of hydrogen-bond acceptors (Lipinski definition) is 3. The molecule has 2 rings (SSSR count). The molecule has 0 saturated carbocycles. The minimum Gasteiger partial charge on any atom is -0.373 e. The molecule has 0 spiro atoms. The molecule has 2 heterocycles. The van der Waals surface area contributed by atoms with Crippen LogP contribution in [0.1, 0.15) is 49.9 Å². The van der Waals surface area contributed by atoms with Gasteiger partial charge in [0.2, 0.25) is 0 Å². The number of carbonyl (C=O) groups is 1. The third-order valence-electron chi connectivity index (χ3n) is 4.88. The van der Waals surface area contributed by atoms with E-state index in [1.165, 1.54) is 12.8 Å². The van der Waals surface area contributed by atoms with E-state index in [0.29, 0.717) is 11.0 Å². The van der Waals surface area contributed by atoms with Gasteiger partial charge in [0.25, 0.3) is 5.91 Å². The number of aromatic nitrogens is 1. The summed E-state index contributed by atoms with van der Waals surface area (Å²) in [6, 6.07) is 3.70. The van der Waals surface area contributed by atoms with E-state index in [-0.39, 0.29) is 5.91 Å². The molecule has 1 amide bonds. The first kappa shape index (κ1) is 14.8. The van der Waals surface area contributed by atoms with E-state index in [9.17, 15) is 4.79 Å². The summed E-state index contributed by atoms with van der Waals surface area (Å²) in [6.07, 6.45) is 6.32. The van der Waals surface area contributed by atoms with Gasteiger partial charge in [0, 0.05) is 26.3 Å². The van der Waals surface area contributed by atoms with Crippen molar-refractivity contribution in [3.8, 4) is 0 Å².